The Balaban J connectivity index is 2.34. The van der Waals surface area contributed by atoms with Crippen molar-refractivity contribution in [3.63, 3.8) is 0 Å². The number of rotatable bonds is 6. The quantitative estimate of drug-likeness (QED) is 0.853. The van der Waals surface area contributed by atoms with Crippen molar-refractivity contribution in [2.75, 3.05) is 18.7 Å². The first-order chi connectivity index (χ1) is 11.7. The lowest BCUT2D eigenvalue weighted by Crippen LogP contribution is -2.15. The van der Waals surface area contributed by atoms with Gasteiger partial charge in [-0.15, -0.1) is 0 Å². The molecule has 0 aliphatic heterocycles. The Bertz CT molecular complexity index is 875. The van der Waals surface area contributed by atoms with Crippen LogP contribution < -0.4 is 14.8 Å². The van der Waals surface area contributed by atoms with Crippen LogP contribution in [0.2, 0.25) is 0 Å². The molecule has 0 aliphatic rings. The van der Waals surface area contributed by atoms with Gasteiger partial charge in [0.05, 0.1) is 18.9 Å². The van der Waals surface area contributed by atoms with Gasteiger partial charge in [0, 0.05) is 11.8 Å². The maximum atomic E-state index is 12.5. The van der Waals surface area contributed by atoms with Crippen molar-refractivity contribution in [1.82, 2.24) is 0 Å². The summed E-state index contributed by atoms with van der Waals surface area (Å²) in [6.07, 6.45) is 1.02. The average molecular weight is 363 g/mol. The number of ether oxygens (including phenoxy) is 2. The van der Waals surface area contributed by atoms with Crippen LogP contribution in [0.1, 0.15) is 24.2 Å². The van der Waals surface area contributed by atoms with Gasteiger partial charge in [-0.1, -0.05) is 12.1 Å². The zero-order valence-corrected chi connectivity index (χ0v) is 15.4. The third-order valence-electron chi connectivity index (χ3n) is 3.32. The molecule has 0 fully saturated rings. The molecule has 0 bridgehead atoms. The summed E-state index contributed by atoms with van der Waals surface area (Å²) in [5, 5.41) is 2.75. The van der Waals surface area contributed by atoms with Crippen LogP contribution in [0.25, 0.3) is 0 Å². The van der Waals surface area contributed by atoms with Gasteiger partial charge in [0.1, 0.15) is 16.4 Å². The second kappa shape index (κ2) is 7.57. The molecule has 25 heavy (non-hydrogen) atoms. The van der Waals surface area contributed by atoms with Crippen LogP contribution in [0.3, 0.4) is 0 Å². The van der Waals surface area contributed by atoms with E-state index in [0.29, 0.717) is 11.4 Å². The molecule has 0 unspecified atom stereocenters. The largest absolute Gasteiger partial charge is 0.495 e. The van der Waals surface area contributed by atoms with Crippen LogP contribution in [-0.2, 0) is 9.84 Å². The Hall–Kier alpha value is -2.54. The standard InChI is InChI=1S/C18H21NO5S/c1-12(2)24-15-8-6-5-7-14(15)19-18(20)13-9-10-16(23-3)17(11-13)25(4,21)22/h5-12H,1-4H3,(H,19,20). The summed E-state index contributed by atoms with van der Waals surface area (Å²) in [5.74, 6) is 0.303. The van der Waals surface area contributed by atoms with Crippen molar-refractivity contribution in [2.45, 2.75) is 24.8 Å². The van der Waals surface area contributed by atoms with E-state index in [9.17, 15) is 13.2 Å². The maximum absolute atomic E-state index is 12.5. The Kier molecular flexibility index (Phi) is 5.69. The van der Waals surface area contributed by atoms with Crippen molar-refractivity contribution in [2.24, 2.45) is 0 Å². The fourth-order valence-electron chi connectivity index (χ4n) is 2.23. The van der Waals surface area contributed by atoms with E-state index in [1.165, 1.54) is 25.3 Å². The Morgan fingerprint density at radius 2 is 1.76 bits per heavy atom. The Morgan fingerprint density at radius 1 is 1.08 bits per heavy atom. The SMILES string of the molecule is COc1ccc(C(=O)Nc2ccccc2OC(C)C)cc1S(C)(=O)=O. The molecule has 0 spiro atoms. The maximum Gasteiger partial charge on any atom is 0.255 e. The molecule has 2 aromatic rings. The molecule has 2 aromatic carbocycles. The van der Waals surface area contributed by atoms with E-state index in [4.69, 9.17) is 9.47 Å². The minimum absolute atomic E-state index is 0.0330. The number of hydrogen-bond acceptors (Lipinski definition) is 5. The Labute approximate surface area is 147 Å². The van der Waals surface area contributed by atoms with E-state index in [0.717, 1.165) is 6.26 Å². The fourth-order valence-corrected chi connectivity index (χ4v) is 3.09. The van der Waals surface area contributed by atoms with Gasteiger partial charge in [-0.3, -0.25) is 4.79 Å². The summed E-state index contributed by atoms with van der Waals surface area (Å²) < 4.78 is 34.5. The third kappa shape index (κ3) is 4.73. The average Bonchev–Trinajstić information content (AvgIpc) is 2.54. The van der Waals surface area contributed by atoms with Crippen molar-refractivity contribution in [3.8, 4) is 11.5 Å². The molecular formula is C18H21NO5S. The molecule has 0 saturated heterocycles. The second-order valence-electron chi connectivity index (χ2n) is 5.75. The van der Waals surface area contributed by atoms with Crippen molar-refractivity contribution in [1.29, 1.82) is 0 Å². The van der Waals surface area contributed by atoms with Gasteiger partial charge in [-0.25, -0.2) is 8.42 Å². The molecule has 0 aromatic heterocycles. The van der Waals surface area contributed by atoms with Gasteiger partial charge >= 0.3 is 0 Å². The highest BCUT2D eigenvalue weighted by atomic mass is 32.2. The van der Waals surface area contributed by atoms with Crippen LogP contribution in [-0.4, -0.2) is 33.8 Å². The van der Waals surface area contributed by atoms with E-state index in [2.05, 4.69) is 5.32 Å². The zero-order chi connectivity index (χ0) is 18.6. The van der Waals surface area contributed by atoms with E-state index in [1.54, 1.807) is 18.2 Å². The molecule has 2 rings (SSSR count). The van der Waals surface area contributed by atoms with Gasteiger partial charge in [0.2, 0.25) is 0 Å². The molecule has 134 valence electrons. The van der Waals surface area contributed by atoms with Gasteiger partial charge < -0.3 is 14.8 Å². The number of carbonyl (C=O) groups excluding carboxylic acids is 1. The summed E-state index contributed by atoms with van der Waals surface area (Å²) in [5.41, 5.74) is 0.721. The second-order valence-corrected chi connectivity index (χ2v) is 7.74. The monoisotopic (exact) mass is 363 g/mol. The molecular weight excluding hydrogens is 342 g/mol. The van der Waals surface area contributed by atoms with E-state index >= 15 is 0 Å². The van der Waals surface area contributed by atoms with E-state index in [1.807, 2.05) is 19.9 Å². The molecule has 7 heteroatoms. The molecule has 1 N–H and O–H groups in total. The van der Waals surface area contributed by atoms with Crippen LogP contribution >= 0.6 is 0 Å². The first kappa shape index (κ1) is 18.8. The highest BCUT2D eigenvalue weighted by Gasteiger charge is 2.18. The number of hydrogen-bond donors (Lipinski definition) is 1. The Morgan fingerprint density at radius 3 is 2.36 bits per heavy atom. The van der Waals surface area contributed by atoms with Crippen LogP contribution in [0, 0.1) is 0 Å². The summed E-state index contributed by atoms with van der Waals surface area (Å²) in [4.78, 5) is 12.5. The van der Waals surface area contributed by atoms with Gasteiger partial charge in [0.25, 0.3) is 5.91 Å². The van der Waals surface area contributed by atoms with Crippen molar-refractivity contribution >= 4 is 21.4 Å². The minimum Gasteiger partial charge on any atom is -0.495 e. The third-order valence-corrected chi connectivity index (χ3v) is 4.44. The lowest BCUT2D eigenvalue weighted by atomic mass is 10.2. The van der Waals surface area contributed by atoms with Crippen LogP contribution in [0.5, 0.6) is 11.5 Å². The number of benzene rings is 2. The first-order valence-corrected chi connectivity index (χ1v) is 9.56. The predicted molar refractivity (Wildman–Crippen MR) is 96.3 cm³/mol. The molecule has 0 atom stereocenters. The molecule has 0 heterocycles. The van der Waals surface area contributed by atoms with E-state index in [-0.39, 0.29) is 22.3 Å². The number of sulfone groups is 1. The summed E-state index contributed by atoms with van der Waals surface area (Å²) in [6.45, 7) is 3.78. The topological polar surface area (TPSA) is 81.7 Å². The fraction of sp³-hybridized carbons (Fsp3) is 0.278. The van der Waals surface area contributed by atoms with Gasteiger partial charge in [-0.2, -0.15) is 0 Å². The summed E-state index contributed by atoms with van der Waals surface area (Å²) in [7, 11) is -2.15. The van der Waals surface area contributed by atoms with Crippen molar-refractivity contribution in [3.05, 3.63) is 48.0 Å². The highest BCUT2D eigenvalue weighted by molar-refractivity contribution is 7.90. The first-order valence-electron chi connectivity index (χ1n) is 7.67. The van der Waals surface area contributed by atoms with Gasteiger partial charge in [0.15, 0.2) is 9.84 Å². The molecule has 6 nitrogen and oxygen atoms in total. The normalized spacial score (nSPS) is 11.2. The van der Waals surface area contributed by atoms with Crippen LogP contribution in [0.4, 0.5) is 5.69 Å². The number of nitrogens with one attached hydrogen (secondary N) is 1. The van der Waals surface area contributed by atoms with Crippen LogP contribution in [0.15, 0.2) is 47.4 Å². The lowest BCUT2D eigenvalue weighted by Gasteiger charge is -2.15. The molecule has 0 radical (unpaired) electrons. The molecule has 0 saturated carbocycles. The lowest BCUT2D eigenvalue weighted by molar-refractivity contribution is 0.102. The molecule has 0 aliphatic carbocycles. The number of anilines is 1. The number of para-hydroxylation sites is 2. The summed E-state index contributed by atoms with van der Waals surface area (Å²) in [6, 6.07) is 11.3. The molecule has 1 amide bonds. The number of methoxy groups -OCH3 is 1. The smallest absolute Gasteiger partial charge is 0.255 e. The van der Waals surface area contributed by atoms with Gasteiger partial charge in [-0.05, 0) is 44.2 Å². The highest BCUT2D eigenvalue weighted by Crippen LogP contribution is 2.28. The van der Waals surface area contributed by atoms with E-state index < -0.39 is 15.7 Å². The minimum atomic E-state index is -3.53. The predicted octanol–water partition coefficient (Wildman–Crippen LogP) is 3.14. The summed E-state index contributed by atoms with van der Waals surface area (Å²) >= 11 is 0. The number of amides is 1. The number of carbonyl (C=O) groups is 1. The van der Waals surface area contributed by atoms with Crippen molar-refractivity contribution < 1.29 is 22.7 Å². The zero-order valence-electron chi connectivity index (χ0n) is 14.6.